The van der Waals surface area contributed by atoms with E-state index in [2.05, 4.69) is 4.18 Å². The number of nitrogens with one attached hydrogen (secondary N) is 1. The van der Waals surface area contributed by atoms with Gasteiger partial charge in [-0.1, -0.05) is 8.01 Å². The van der Waals surface area contributed by atoms with Crippen LogP contribution in [0.25, 0.3) is 0 Å². The van der Waals surface area contributed by atoms with Crippen LogP contribution in [0.3, 0.4) is 0 Å². The van der Waals surface area contributed by atoms with Gasteiger partial charge in [-0.15, -0.1) is 0 Å². The molecule has 110 valence electrons. The Kier molecular flexibility index (Phi) is 4.60. The number of alkyl halides is 6. The van der Waals surface area contributed by atoms with Gasteiger partial charge in [-0.3, -0.25) is 0 Å². The highest BCUT2D eigenvalue weighted by Crippen LogP contribution is 2.36. The second-order valence-electron chi connectivity index (χ2n) is 2.53. The average Bonchev–Trinajstić information content (AvgIpc) is 1.90. The molecule has 0 saturated heterocycles. The van der Waals surface area contributed by atoms with E-state index in [-0.39, 0.29) is 4.13 Å². The van der Waals surface area contributed by atoms with E-state index in [0.29, 0.717) is 0 Å². The van der Waals surface area contributed by atoms with Crippen molar-refractivity contribution in [3.8, 4) is 0 Å². The molecular weight excluding hydrogens is 327 g/mol. The third kappa shape index (κ3) is 6.31. The molecule has 0 fully saturated rings. The molecule has 0 atom stereocenters. The summed E-state index contributed by atoms with van der Waals surface area (Å²) in [5, 5.41) is 0. The first-order chi connectivity index (χ1) is 7.55. The lowest BCUT2D eigenvalue weighted by molar-refractivity contribution is -0.299. The molecule has 0 unspecified atom stereocenters. The minimum Gasteiger partial charge on any atom is -0.234 e. The van der Waals surface area contributed by atoms with E-state index >= 15 is 0 Å². The van der Waals surface area contributed by atoms with Crippen LogP contribution in [0.5, 0.6) is 0 Å². The van der Waals surface area contributed by atoms with Gasteiger partial charge in [0.05, 0.1) is 0 Å². The molecule has 15 heteroatoms. The lowest BCUT2D eigenvalue weighted by Gasteiger charge is -2.21. The molecule has 0 bridgehead atoms. The fourth-order valence-corrected chi connectivity index (χ4v) is 2.17. The van der Waals surface area contributed by atoms with Gasteiger partial charge in [0.25, 0.3) is 6.10 Å². The van der Waals surface area contributed by atoms with E-state index in [1.165, 1.54) is 0 Å². The molecule has 0 aromatic carbocycles. The third-order valence-electron chi connectivity index (χ3n) is 1.02. The molecule has 0 radical (unpaired) electrons. The number of hydrogen-bond donors (Lipinski definition) is 1. The second kappa shape index (κ2) is 4.78. The first-order valence-corrected chi connectivity index (χ1v) is 6.13. The predicted octanol–water partition coefficient (Wildman–Crippen LogP) is 0.545. The quantitative estimate of drug-likeness (QED) is 0.601. The maximum absolute atomic E-state index is 11.8. The van der Waals surface area contributed by atoms with E-state index in [1.807, 2.05) is 0 Å². The van der Waals surface area contributed by atoms with Crippen LogP contribution in [-0.4, -0.2) is 35.3 Å². The van der Waals surface area contributed by atoms with Crippen LogP contribution in [0.15, 0.2) is 0 Å². The molecule has 0 aliphatic heterocycles. The molecular formula is C3H2F7NO5S2. The van der Waals surface area contributed by atoms with Crippen LogP contribution in [0, 0.1) is 0 Å². The number of hydrogen-bond acceptors (Lipinski definition) is 5. The van der Waals surface area contributed by atoms with Crippen molar-refractivity contribution in [1.29, 1.82) is 0 Å². The Labute approximate surface area is 95.3 Å². The van der Waals surface area contributed by atoms with Crippen LogP contribution >= 0.6 is 0 Å². The molecule has 0 aliphatic carbocycles. The van der Waals surface area contributed by atoms with Crippen LogP contribution < -0.4 is 4.13 Å². The lowest BCUT2D eigenvalue weighted by Crippen LogP contribution is -2.47. The zero-order valence-electron chi connectivity index (χ0n) is 7.58. The van der Waals surface area contributed by atoms with E-state index in [9.17, 15) is 47.1 Å². The summed E-state index contributed by atoms with van der Waals surface area (Å²) in [5.74, 6) is 0. The van der Waals surface area contributed by atoms with Gasteiger partial charge >= 0.3 is 33.1 Å². The summed E-state index contributed by atoms with van der Waals surface area (Å²) in [6.07, 6.45) is -17.2. The Morgan fingerprint density at radius 3 is 1.44 bits per heavy atom. The van der Waals surface area contributed by atoms with Crippen molar-refractivity contribution < 1.29 is 51.2 Å². The summed E-state index contributed by atoms with van der Waals surface area (Å²) < 4.78 is 125. The molecule has 0 aromatic heterocycles. The Bertz CT molecular complexity index is 474. The van der Waals surface area contributed by atoms with Crippen LogP contribution in [0.4, 0.5) is 30.2 Å². The van der Waals surface area contributed by atoms with Crippen molar-refractivity contribution in [1.82, 2.24) is 4.13 Å². The van der Waals surface area contributed by atoms with Gasteiger partial charge in [0.1, 0.15) is 0 Å². The predicted molar refractivity (Wildman–Crippen MR) is 39.1 cm³/mol. The smallest absolute Gasteiger partial charge is 0.234 e. The molecule has 0 aromatic rings. The van der Waals surface area contributed by atoms with Gasteiger partial charge in [-0.2, -0.15) is 43.2 Å². The summed E-state index contributed by atoms with van der Waals surface area (Å²) in [7, 11) is -12.3. The molecule has 0 heterocycles. The zero-order valence-corrected chi connectivity index (χ0v) is 9.21. The summed E-state index contributed by atoms with van der Waals surface area (Å²) in [5.41, 5.74) is 0. The lowest BCUT2D eigenvalue weighted by atomic mass is 10.3. The van der Waals surface area contributed by atoms with E-state index in [0.717, 1.165) is 0 Å². The first-order valence-electron chi connectivity index (χ1n) is 3.34. The third-order valence-corrected chi connectivity index (χ3v) is 3.08. The van der Waals surface area contributed by atoms with Gasteiger partial charge in [0, 0.05) is 0 Å². The fraction of sp³-hybridized carbons (Fsp3) is 1.00. The molecule has 6 nitrogen and oxygen atoms in total. The molecule has 0 rings (SSSR count). The van der Waals surface area contributed by atoms with E-state index in [4.69, 9.17) is 0 Å². The molecule has 1 N–H and O–H groups in total. The number of halogens is 7. The van der Waals surface area contributed by atoms with Crippen LogP contribution in [-0.2, 0) is 24.9 Å². The topological polar surface area (TPSA) is 89.5 Å². The van der Waals surface area contributed by atoms with Gasteiger partial charge in [0.15, 0.2) is 0 Å². The summed E-state index contributed by atoms with van der Waals surface area (Å²) in [4.78, 5) is 0. The van der Waals surface area contributed by atoms with Gasteiger partial charge in [0.2, 0.25) is 0 Å². The van der Waals surface area contributed by atoms with E-state index < -0.39 is 39.2 Å². The molecule has 18 heavy (non-hydrogen) atoms. The highest BCUT2D eigenvalue weighted by Gasteiger charge is 2.60. The average molecular weight is 329 g/mol. The largest absolute Gasteiger partial charge is 0.425 e. The Morgan fingerprint density at radius 1 is 0.889 bits per heavy atom. The standard InChI is InChI=1S/C3H2F7NO5S2/c4-2(5,6)1(3(7,8)9)16-18(14,15)11-17(10,12)13/h1,11H. The number of rotatable bonds is 4. The summed E-state index contributed by atoms with van der Waals surface area (Å²) in [6.45, 7) is 0. The summed E-state index contributed by atoms with van der Waals surface area (Å²) >= 11 is 0. The van der Waals surface area contributed by atoms with Crippen LogP contribution in [0.1, 0.15) is 0 Å². The second-order valence-corrected chi connectivity index (χ2v) is 5.18. The monoisotopic (exact) mass is 329 g/mol. The Hall–Kier alpha value is -0.670. The van der Waals surface area contributed by atoms with Gasteiger partial charge < -0.3 is 0 Å². The van der Waals surface area contributed by atoms with Crippen molar-refractivity contribution >= 4 is 20.7 Å². The van der Waals surface area contributed by atoms with Crippen molar-refractivity contribution in [2.24, 2.45) is 0 Å². The molecule has 0 amide bonds. The molecule has 0 saturated carbocycles. The van der Waals surface area contributed by atoms with Gasteiger partial charge in [-0.25, -0.2) is 4.18 Å². The highest BCUT2D eigenvalue weighted by atomic mass is 32.3. The maximum atomic E-state index is 11.8. The molecule has 0 spiro atoms. The fourth-order valence-electron chi connectivity index (χ4n) is 0.563. The minimum absolute atomic E-state index is 0.174. The highest BCUT2D eigenvalue weighted by molar-refractivity contribution is 8.00. The first kappa shape index (κ1) is 17.3. The molecule has 0 aliphatic rings. The van der Waals surface area contributed by atoms with Crippen molar-refractivity contribution in [2.45, 2.75) is 18.5 Å². The van der Waals surface area contributed by atoms with Crippen molar-refractivity contribution in [3.05, 3.63) is 0 Å². The van der Waals surface area contributed by atoms with E-state index in [1.54, 1.807) is 0 Å². The zero-order chi connectivity index (χ0) is 15.0. The maximum Gasteiger partial charge on any atom is 0.425 e. The SMILES string of the molecule is O=S(=O)(F)NS(=O)(=O)OC(C(F)(F)F)C(F)(F)F. The Morgan fingerprint density at radius 2 is 1.22 bits per heavy atom. The minimum atomic E-state index is -6.20. The van der Waals surface area contributed by atoms with Crippen molar-refractivity contribution in [2.75, 3.05) is 0 Å². The Balaban J connectivity index is 5.27. The van der Waals surface area contributed by atoms with Crippen LogP contribution in [0.2, 0.25) is 0 Å². The normalized spacial score (nSPS) is 15.1. The van der Waals surface area contributed by atoms with Crippen molar-refractivity contribution in [3.63, 3.8) is 0 Å². The summed E-state index contributed by atoms with van der Waals surface area (Å²) in [6, 6.07) is 0. The van der Waals surface area contributed by atoms with Gasteiger partial charge in [-0.05, 0) is 0 Å².